The number of hydrogen-bond acceptors (Lipinski definition) is 2. The van der Waals surface area contributed by atoms with Crippen molar-refractivity contribution in [1.82, 2.24) is 9.97 Å². The SMILES string of the molecule is C/C=c1/ccnc(-c2ccncc2C2(C)CC2C)/c1=C/C(C)C. The normalized spacial score (nSPS) is 25.2. The Balaban J connectivity index is 2.30. The van der Waals surface area contributed by atoms with Crippen LogP contribution in [0, 0.1) is 11.8 Å². The first kappa shape index (κ1) is 15.9. The zero-order valence-electron chi connectivity index (χ0n) is 14.8. The molecule has 120 valence electrons. The Labute approximate surface area is 139 Å². The summed E-state index contributed by atoms with van der Waals surface area (Å²) in [5, 5.41) is 2.50. The van der Waals surface area contributed by atoms with Gasteiger partial charge in [-0.15, -0.1) is 0 Å². The van der Waals surface area contributed by atoms with Gasteiger partial charge in [0.1, 0.15) is 0 Å². The molecule has 2 unspecified atom stereocenters. The molecule has 0 radical (unpaired) electrons. The van der Waals surface area contributed by atoms with E-state index in [4.69, 9.17) is 4.98 Å². The Kier molecular flexibility index (Phi) is 4.09. The lowest BCUT2D eigenvalue weighted by molar-refractivity contribution is 0.699. The van der Waals surface area contributed by atoms with Gasteiger partial charge in [0.05, 0.1) is 5.69 Å². The summed E-state index contributed by atoms with van der Waals surface area (Å²) in [7, 11) is 0. The molecule has 3 rings (SSSR count). The predicted octanol–water partition coefficient (Wildman–Crippen LogP) is 3.68. The van der Waals surface area contributed by atoms with Crippen LogP contribution in [0.5, 0.6) is 0 Å². The maximum atomic E-state index is 4.76. The smallest absolute Gasteiger partial charge is 0.0781 e. The molecule has 0 aliphatic heterocycles. The molecule has 1 aliphatic rings. The van der Waals surface area contributed by atoms with Gasteiger partial charge in [0.15, 0.2) is 0 Å². The van der Waals surface area contributed by atoms with Crippen LogP contribution in [0.25, 0.3) is 23.4 Å². The number of pyridine rings is 2. The minimum Gasteiger partial charge on any atom is -0.264 e. The molecule has 1 saturated carbocycles. The van der Waals surface area contributed by atoms with Crippen molar-refractivity contribution in [3.63, 3.8) is 0 Å². The number of aromatic nitrogens is 2. The second-order valence-corrected chi connectivity index (χ2v) is 7.31. The van der Waals surface area contributed by atoms with Crippen LogP contribution in [0.15, 0.2) is 30.7 Å². The van der Waals surface area contributed by atoms with Gasteiger partial charge in [-0.2, -0.15) is 0 Å². The summed E-state index contributed by atoms with van der Waals surface area (Å²) in [6.45, 7) is 11.2. The first-order valence-corrected chi connectivity index (χ1v) is 8.55. The molecule has 0 spiro atoms. The Morgan fingerprint density at radius 1 is 1.26 bits per heavy atom. The van der Waals surface area contributed by atoms with Crippen molar-refractivity contribution in [2.45, 2.75) is 46.5 Å². The highest BCUT2D eigenvalue weighted by Gasteiger charge is 2.49. The summed E-state index contributed by atoms with van der Waals surface area (Å²) in [6.07, 6.45) is 11.6. The Bertz CT molecular complexity index is 835. The average molecular weight is 306 g/mol. The van der Waals surface area contributed by atoms with Crippen LogP contribution in [0.2, 0.25) is 0 Å². The highest BCUT2D eigenvalue weighted by molar-refractivity contribution is 5.67. The van der Waals surface area contributed by atoms with E-state index in [-0.39, 0.29) is 5.41 Å². The van der Waals surface area contributed by atoms with E-state index in [0.717, 1.165) is 5.69 Å². The largest absolute Gasteiger partial charge is 0.264 e. The predicted molar refractivity (Wildman–Crippen MR) is 97.3 cm³/mol. The van der Waals surface area contributed by atoms with Crippen LogP contribution in [0.4, 0.5) is 0 Å². The number of rotatable bonds is 3. The van der Waals surface area contributed by atoms with Gasteiger partial charge < -0.3 is 0 Å². The molecule has 0 aromatic carbocycles. The van der Waals surface area contributed by atoms with E-state index in [1.54, 1.807) is 0 Å². The minimum atomic E-state index is 0.242. The van der Waals surface area contributed by atoms with Crippen LogP contribution < -0.4 is 10.4 Å². The van der Waals surface area contributed by atoms with Gasteiger partial charge in [0.2, 0.25) is 0 Å². The fourth-order valence-electron chi connectivity index (χ4n) is 3.47. The van der Waals surface area contributed by atoms with Crippen molar-refractivity contribution in [1.29, 1.82) is 0 Å². The Hall–Kier alpha value is -1.96. The summed E-state index contributed by atoms with van der Waals surface area (Å²) >= 11 is 0. The second kappa shape index (κ2) is 5.92. The molecule has 23 heavy (non-hydrogen) atoms. The number of nitrogens with zero attached hydrogens (tertiary/aromatic N) is 2. The lowest BCUT2D eigenvalue weighted by Crippen LogP contribution is -2.29. The van der Waals surface area contributed by atoms with Crippen LogP contribution in [-0.2, 0) is 5.41 Å². The summed E-state index contributed by atoms with van der Waals surface area (Å²) in [5.74, 6) is 1.20. The van der Waals surface area contributed by atoms with E-state index in [1.165, 1.54) is 28.0 Å². The molecule has 2 heterocycles. The zero-order chi connectivity index (χ0) is 16.6. The Morgan fingerprint density at radius 2 is 2.00 bits per heavy atom. The first-order valence-electron chi connectivity index (χ1n) is 8.55. The van der Waals surface area contributed by atoms with Gasteiger partial charge in [0, 0.05) is 29.4 Å². The molecule has 2 atom stereocenters. The van der Waals surface area contributed by atoms with Gasteiger partial charge in [-0.1, -0.05) is 39.8 Å². The monoisotopic (exact) mass is 306 g/mol. The highest BCUT2D eigenvalue weighted by atomic mass is 14.7. The molecule has 1 aliphatic carbocycles. The molecule has 0 saturated heterocycles. The Morgan fingerprint density at radius 3 is 2.61 bits per heavy atom. The maximum absolute atomic E-state index is 4.76. The summed E-state index contributed by atoms with van der Waals surface area (Å²) in [5.41, 5.74) is 3.91. The van der Waals surface area contributed by atoms with Gasteiger partial charge in [-0.3, -0.25) is 9.97 Å². The van der Waals surface area contributed by atoms with Gasteiger partial charge in [-0.05, 0) is 53.5 Å². The fourth-order valence-corrected chi connectivity index (χ4v) is 3.47. The third-order valence-electron chi connectivity index (χ3n) is 5.18. The molecule has 1 fully saturated rings. The molecular weight excluding hydrogens is 280 g/mol. The van der Waals surface area contributed by atoms with Crippen molar-refractivity contribution in [2.24, 2.45) is 11.8 Å². The van der Waals surface area contributed by atoms with E-state index in [2.05, 4.69) is 63.9 Å². The van der Waals surface area contributed by atoms with Crippen LogP contribution in [0.1, 0.15) is 46.6 Å². The van der Waals surface area contributed by atoms with Crippen molar-refractivity contribution in [3.8, 4) is 11.3 Å². The van der Waals surface area contributed by atoms with E-state index < -0.39 is 0 Å². The van der Waals surface area contributed by atoms with E-state index in [9.17, 15) is 0 Å². The van der Waals surface area contributed by atoms with E-state index in [1.807, 2.05) is 18.6 Å². The van der Waals surface area contributed by atoms with Crippen molar-refractivity contribution < 1.29 is 0 Å². The van der Waals surface area contributed by atoms with Crippen molar-refractivity contribution >= 4 is 12.2 Å². The zero-order valence-corrected chi connectivity index (χ0v) is 14.8. The van der Waals surface area contributed by atoms with E-state index >= 15 is 0 Å². The van der Waals surface area contributed by atoms with Gasteiger partial charge in [-0.25, -0.2) is 0 Å². The summed E-state index contributed by atoms with van der Waals surface area (Å²) < 4.78 is 0. The van der Waals surface area contributed by atoms with Gasteiger partial charge >= 0.3 is 0 Å². The topological polar surface area (TPSA) is 25.8 Å². The van der Waals surface area contributed by atoms with Crippen LogP contribution in [0.3, 0.4) is 0 Å². The lowest BCUT2D eigenvalue weighted by atomic mass is 9.90. The van der Waals surface area contributed by atoms with Crippen molar-refractivity contribution in [3.05, 3.63) is 46.7 Å². The average Bonchev–Trinajstić information content (AvgIpc) is 3.15. The maximum Gasteiger partial charge on any atom is 0.0781 e. The summed E-state index contributed by atoms with van der Waals surface area (Å²) in [6, 6.07) is 4.23. The molecule has 0 bridgehead atoms. The summed E-state index contributed by atoms with van der Waals surface area (Å²) in [4.78, 5) is 9.16. The second-order valence-electron chi connectivity index (χ2n) is 7.31. The highest BCUT2D eigenvalue weighted by Crippen LogP contribution is 2.55. The van der Waals surface area contributed by atoms with Gasteiger partial charge in [0.25, 0.3) is 0 Å². The molecule has 2 aromatic rings. The third-order valence-corrected chi connectivity index (χ3v) is 5.18. The first-order chi connectivity index (χ1) is 11.0. The molecule has 0 N–H and O–H groups in total. The third kappa shape index (κ3) is 2.83. The minimum absolute atomic E-state index is 0.242. The molecule has 2 aromatic heterocycles. The quantitative estimate of drug-likeness (QED) is 0.864. The molecule has 2 nitrogen and oxygen atoms in total. The van der Waals surface area contributed by atoms with Crippen molar-refractivity contribution in [2.75, 3.05) is 0 Å². The van der Waals surface area contributed by atoms with E-state index in [0.29, 0.717) is 11.8 Å². The standard InChI is InChI=1S/C21H26N2/c1-6-16-7-10-23-20(18(16)11-14(2)3)17-8-9-22-13-19(17)21(5)12-15(21)4/h6-11,13-15H,12H2,1-5H3/b16-6-,18-11+. The fraction of sp³-hybridized carbons (Fsp3) is 0.429. The number of hydrogen-bond donors (Lipinski definition) is 0. The lowest BCUT2D eigenvalue weighted by Gasteiger charge is -2.16. The molecule has 2 heteroatoms. The molecular formula is C21H26N2. The molecule has 0 amide bonds. The van der Waals surface area contributed by atoms with Crippen LogP contribution in [-0.4, -0.2) is 9.97 Å². The van der Waals surface area contributed by atoms with Crippen LogP contribution >= 0.6 is 0 Å².